The van der Waals surface area contributed by atoms with Gasteiger partial charge >= 0.3 is 5.97 Å². The third kappa shape index (κ3) is 7.06. The van der Waals surface area contributed by atoms with Gasteiger partial charge in [0.05, 0.1) is 12.2 Å². The molecule has 0 saturated heterocycles. The van der Waals surface area contributed by atoms with Gasteiger partial charge in [-0.05, 0) is 60.2 Å². The summed E-state index contributed by atoms with van der Waals surface area (Å²) in [4.78, 5) is 16.7. The molecule has 0 spiro atoms. The molecule has 0 unspecified atom stereocenters. The summed E-state index contributed by atoms with van der Waals surface area (Å²) in [6.45, 7) is 4.54. The van der Waals surface area contributed by atoms with Crippen LogP contribution in [0, 0.1) is 6.92 Å². The van der Waals surface area contributed by atoms with Crippen LogP contribution in [0.5, 0.6) is 0 Å². The number of pyridine rings is 1. The van der Waals surface area contributed by atoms with Crippen LogP contribution in [0.4, 0.5) is 0 Å². The summed E-state index contributed by atoms with van der Waals surface area (Å²) in [7, 11) is 0. The Balaban J connectivity index is 1.54. The Bertz CT molecular complexity index is 949. The van der Waals surface area contributed by atoms with E-state index in [-0.39, 0.29) is 5.97 Å². The normalized spacial score (nSPS) is 10.8. The van der Waals surface area contributed by atoms with Crippen LogP contribution in [0.3, 0.4) is 0 Å². The molecule has 162 valence electrons. The fourth-order valence-electron chi connectivity index (χ4n) is 3.74. The molecule has 2 aromatic carbocycles. The molecular formula is C28H33NO2. The van der Waals surface area contributed by atoms with Gasteiger partial charge in [0.15, 0.2) is 0 Å². The van der Waals surface area contributed by atoms with Crippen molar-refractivity contribution in [3.05, 3.63) is 89.2 Å². The maximum absolute atomic E-state index is 12.5. The predicted molar refractivity (Wildman–Crippen MR) is 127 cm³/mol. The summed E-state index contributed by atoms with van der Waals surface area (Å²) >= 11 is 0. The molecule has 3 nitrogen and oxygen atoms in total. The van der Waals surface area contributed by atoms with Crippen LogP contribution in [0.2, 0.25) is 0 Å². The summed E-state index contributed by atoms with van der Waals surface area (Å²) in [6.07, 6.45) is 10.1. The molecular weight excluding hydrogens is 382 g/mol. The highest BCUT2D eigenvalue weighted by atomic mass is 16.5. The van der Waals surface area contributed by atoms with Gasteiger partial charge in [-0.1, -0.05) is 75.1 Å². The van der Waals surface area contributed by atoms with Crippen LogP contribution in [-0.4, -0.2) is 17.6 Å². The van der Waals surface area contributed by atoms with E-state index in [1.54, 1.807) is 6.20 Å². The van der Waals surface area contributed by atoms with Gasteiger partial charge in [-0.2, -0.15) is 0 Å². The molecule has 0 fully saturated rings. The molecule has 0 amide bonds. The molecule has 0 aliphatic carbocycles. The van der Waals surface area contributed by atoms with Crippen LogP contribution >= 0.6 is 0 Å². The average molecular weight is 416 g/mol. The minimum atomic E-state index is -0.279. The van der Waals surface area contributed by atoms with Crippen molar-refractivity contribution in [2.75, 3.05) is 6.61 Å². The number of hydrogen-bond acceptors (Lipinski definition) is 3. The Morgan fingerprint density at radius 2 is 1.65 bits per heavy atom. The van der Waals surface area contributed by atoms with E-state index in [1.807, 2.05) is 37.3 Å². The van der Waals surface area contributed by atoms with Crippen LogP contribution in [0.1, 0.15) is 66.2 Å². The lowest BCUT2D eigenvalue weighted by Gasteiger charge is -2.10. The van der Waals surface area contributed by atoms with Gasteiger partial charge in [0.25, 0.3) is 0 Å². The zero-order valence-corrected chi connectivity index (χ0v) is 18.8. The number of unbranched alkanes of at least 4 members (excludes halogenated alkanes) is 4. The van der Waals surface area contributed by atoms with Crippen molar-refractivity contribution in [2.45, 2.75) is 58.8 Å². The van der Waals surface area contributed by atoms with E-state index in [2.05, 4.69) is 42.2 Å². The topological polar surface area (TPSA) is 39.2 Å². The van der Waals surface area contributed by atoms with E-state index < -0.39 is 0 Å². The van der Waals surface area contributed by atoms with Crippen molar-refractivity contribution in [3.8, 4) is 11.1 Å². The van der Waals surface area contributed by atoms with Crippen molar-refractivity contribution >= 4 is 5.97 Å². The highest BCUT2D eigenvalue weighted by Crippen LogP contribution is 2.24. The van der Waals surface area contributed by atoms with Crippen molar-refractivity contribution < 1.29 is 9.53 Å². The Hall–Kier alpha value is -2.94. The monoisotopic (exact) mass is 415 g/mol. The van der Waals surface area contributed by atoms with Crippen molar-refractivity contribution in [1.82, 2.24) is 4.98 Å². The summed E-state index contributed by atoms with van der Waals surface area (Å²) in [5.41, 5.74) is 6.16. The van der Waals surface area contributed by atoms with E-state index >= 15 is 0 Å². The van der Waals surface area contributed by atoms with E-state index in [0.717, 1.165) is 23.2 Å². The van der Waals surface area contributed by atoms with Gasteiger partial charge in [-0.15, -0.1) is 0 Å². The largest absolute Gasteiger partial charge is 0.462 e. The molecule has 0 N–H and O–H groups in total. The van der Waals surface area contributed by atoms with E-state index in [0.29, 0.717) is 18.6 Å². The molecule has 0 radical (unpaired) electrons. The van der Waals surface area contributed by atoms with Crippen LogP contribution < -0.4 is 0 Å². The number of aryl methyl sites for hydroxylation is 2. The van der Waals surface area contributed by atoms with Gasteiger partial charge in [0.2, 0.25) is 0 Å². The molecule has 3 heteroatoms. The third-order valence-corrected chi connectivity index (χ3v) is 5.62. The fraction of sp³-hybridized carbons (Fsp3) is 0.357. The molecule has 0 aliphatic heterocycles. The zero-order valence-electron chi connectivity index (χ0n) is 18.8. The fourth-order valence-corrected chi connectivity index (χ4v) is 3.74. The van der Waals surface area contributed by atoms with Gasteiger partial charge in [0, 0.05) is 18.3 Å². The number of carbonyl (C=O) groups is 1. The standard InChI is InChI=1S/C28H33NO2/c1-3-4-5-6-7-10-23-12-14-24(15-13-23)25-16-17-27(22(2)21-25)28(30)31-20-18-26-11-8-9-19-29-26/h8-9,11-17,19,21H,3-7,10,18,20H2,1-2H3. The first-order valence-electron chi connectivity index (χ1n) is 11.4. The maximum Gasteiger partial charge on any atom is 0.338 e. The maximum atomic E-state index is 12.5. The van der Waals surface area contributed by atoms with Gasteiger partial charge < -0.3 is 4.74 Å². The Morgan fingerprint density at radius 3 is 2.35 bits per heavy atom. The first-order valence-corrected chi connectivity index (χ1v) is 11.4. The van der Waals surface area contributed by atoms with Crippen molar-refractivity contribution in [3.63, 3.8) is 0 Å². The first-order chi connectivity index (χ1) is 15.2. The minimum absolute atomic E-state index is 0.279. The highest BCUT2D eigenvalue weighted by molar-refractivity contribution is 5.91. The molecule has 1 aromatic heterocycles. The SMILES string of the molecule is CCCCCCCc1ccc(-c2ccc(C(=O)OCCc3ccccn3)c(C)c2)cc1. The number of nitrogens with zero attached hydrogens (tertiary/aromatic N) is 1. The van der Waals surface area contributed by atoms with Crippen LogP contribution in [0.15, 0.2) is 66.9 Å². The second-order valence-electron chi connectivity index (χ2n) is 8.10. The highest BCUT2D eigenvalue weighted by Gasteiger charge is 2.12. The smallest absolute Gasteiger partial charge is 0.338 e. The number of hydrogen-bond donors (Lipinski definition) is 0. The Morgan fingerprint density at radius 1 is 0.871 bits per heavy atom. The zero-order chi connectivity index (χ0) is 21.9. The summed E-state index contributed by atoms with van der Waals surface area (Å²) in [6, 6.07) is 20.5. The second kappa shape index (κ2) is 12.0. The van der Waals surface area contributed by atoms with Gasteiger partial charge in [-0.25, -0.2) is 4.79 Å². The lowest BCUT2D eigenvalue weighted by atomic mass is 9.98. The summed E-state index contributed by atoms with van der Waals surface area (Å²) < 4.78 is 5.46. The number of benzene rings is 2. The van der Waals surface area contributed by atoms with Crippen molar-refractivity contribution in [1.29, 1.82) is 0 Å². The minimum Gasteiger partial charge on any atom is -0.462 e. The Kier molecular flexibility index (Phi) is 8.84. The van der Waals surface area contributed by atoms with E-state index in [1.165, 1.54) is 43.2 Å². The average Bonchev–Trinajstić information content (AvgIpc) is 2.80. The molecule has 3 rings (SSSR count). The van der Waals surface area contributed by atoms with E-state index in [4.69, 9.17) is 4.74 Å². The quantitative estimate of drug-likeness (QED) is 0.251. The lowest BCUT2D eigenvalue weighted by molar-refractivity contribution is 0.0507. The molecule has 1 heterocycles. The summed E-state index contributed by atoms with van der Waals surface area (Å²) in [5, 5.41) is 0. The number of aromatic nitrogens is 1. The number of rotatable bonds is 11. The van der Waals surface area contributed by atoms with Crippen LogP contribution in [0.25, 0.3) is 11.1 Å². The predicted octanol–water partition coefficient (Wildman–Crippen LogP) is 6.97. The molecule has 0 saturated carbocycles. The molecule has 0 atom stereocenters. The number of esters is 1. The number of carbonyl (C=O) groups excluding carboxylic acids is 1. The first kappa shape index (κ1) is 22.7. The molecule has 0 aliphatic rings. The molecule has 31 heavy (non-hydrogen) atoms. The van der Waals surface area contributed by atoms with Crippen LogP contribution in [-0.2, 0) is 17.6 Å². The Labute approximate surface area is 186 Å². The summed E-state index contributed by atoms with van der Waals surface area (Å²) in [5.74, 6) is -0.279. The second-order valence-corrected chi connectivity index (χ2v) is 8.10. The number of ether oxygens (including phenoxy) is 1. The third-order valence-electron chi connectivity index (χ3n) is 5.62. The van der Waals surface area contributed by atoms with Gasteiger partial charge in [-0.3, -0.25) is 4.98 Å². The van der Waals surface area contributed by atoms with Gasteiger partial charge in [0.1, 0.15) is 0 Å². The molecule has 3 aromatic rings. The lowest BCUT2D eigenvalue weighted by Crippen LogP contribution is -2.10. The van der Waals surface area contributed by atoms with Crippen molar-refractivity contribution in [2.24, 2.45) is 0 Å². The van der Waals surface area contributed by atoms with E-state index in [9.17, 15) is 4.79 Å². The molecule has 0 bridgehead atoms.